The Morgan fingerprint density at radius 3 is 2.80 bits per heavy atom. The molecule has 5 nitrogen and oxygen atoms in total. The molecule has 0 aliphatic carbocycles. The molecule has 0 spiro atoms. The molecule has 0 aromatic carbocycles. The van der Waals surface area contributed by atoms with Crippen molar-refractivity contribution in [2.45, 2.75) is 38.8 Å². The molecular weight excluding hydrogens is 194 g/mol. The summed E-state index contributed by atoms with van der Waals surface area (Å²) in [6, 6.07) is -0.566. The van der Waals surface area contributed by atoms with Crippen molar-refractivity contribution < 1.29 is 9.59 Å². The van der Waals surface area contributed by atoms with Gasteiger partial charge in [0.2, 0.25) is 11.8 Å². The first-order chi connectivity index (χ1) is 6.99. The highest BCUT2D eigenvalue weighted by atomic mass is 16.2. The van der Waals surface area contributed by atoms with Gasteiger partial charge in [-0.3, -0.25) is 9.59 Å². The number of nitrogens with two attached hydrogens (primary N) is 1. The second kappa shape index (κ2) is 5.11. The quantitative estimate of drug-likeness (QED) is 0.581. The zero-order chi connectivity index (χ0) is 11.4. The van der Waals surface area contributed by atoms with Crippen LogP contribution in [0, 0.1) is 5.92 Å². The maximum Gasteiger partial charge on any atom is 0.237 e. The summed E-state index contributed by atoms with van der Waals surface area (Å²) in [7, 11) is 0. The van der Waals surface area contributed by atoms with Crippen LogP contribution in [0.1, 0.15) is 26.7 Å². The van der Waals surface area contributed by atoms with E-state index in [1.165, 1.54) is 0 Å². The largest absolute Gasteiger partial charge is 0.354 e. The molecule has 0 aromatic heterocycles. The van der Waals surface area contributed by atoms with E-state index in [0.29, 0.717) is 25.3 Å². The van der Waals surface area contributed by atoms with Gasteiger partial charge < -0.3 is 16.4 Å². The van der Waals surface area contributed by atoms with Gasteiger partial charge in [-0.1, -0.05) is 13.8 Å². The SMILES string of the molecule is CC(C)CC(N)C(=O)NC1CNC(=O)C1. The average Bonchev–Trinajstić information content (AvgIpc) is 2.50. The normalized spacial score (nSPS) is 22.7. The Kier molecular flexibility index (Phi) is 4.08. The lowest BCUT2D eigenvalue weighted by atomic mass is 10.0. The fraction of sp³-hybridized carbons (Fsp3) is 0.800. The number of hydrogen-bond donors (Lipinski definition) is 3. The van der Waals surface area contributed by atoms with Gasteiger partial charge in [-0.05, 0) is 12.3 Å². The van der Waals surface area contributed by atoms with E-state index in [1.807, 2.05) is 13.8 Å². The van der Waals surface area contributed by atoms with E-state index >= 15 is 0 Å². The third-order valence-corrected chi connectivity index (χ3v) is 2.39. The van der Waals surface area contributed by atoms with Crippen LogP contribution in [-0.4, -0.2) is 30.4 Å². The van der Waals surface area contributed by atoms with Crippen molar-refractivity contribution in [1.82, 2.24) is 10.6 Å². The van der Waals surface area contributed by atoms with E-state index in [-0.39, 0.29) is 17.9 Å². The van der Waals surface area contributed by atoms with Gasteiger partial charge >= 0.3 is 0 Å². The highest BCUT2D eigenvalue weighted by Gasteiger charge is 2.25. The summed E-state index contributed by atoms with van der Waals surface area (Å²) in [4.78, 5) is 22.5. The van der Waals surface area contributed by atoms with Gasteiger partial charge in [0.25, 0.3) is 0 Å². The average molecular weight is 213 g/mol. The summed E-state index contributed by atoms with van der Waals surface area (Å²) in [5, 5.41) is 5.43. The molecule has 2 amide bonds. The van der Waals surface area contributed by atoms with Crippen LogP contribution < -0.4 is 16.4 Å². The first kappa shape index (κ1) is 12.0. The lowest BCUT2D eigenvalue weighted by Gasteiger charge is -2.16. The van der Waals surface area contributed by atoms with E-state index in [4.69, 9.17) is 5.73 Å². The second-order valence-corrected chi connectivity index (χ2v) is 4.45. The zero-order valence-corrected chi connectivity index (χ0v) is 9.25. The lowest BCUT2D eigenvalue weighted by Crippen LogP contribution is -2.46. The molecule has 1 rings (SSSR count). The molecule has 2 unspecified atom stereocenters. The Morgan fingerprint density at radius 1 is 1.67 bits per heavy atom. The molecule has 0 radical (unpaired) electrons. The summed E-state index contributed by atoms with van der Waals surface area (Å²) >= 11 is 0. The molecule has 0 bridgehead atoms. The van der Waals surface area contributed by atoms with Crippen LogP contribution in [0.15, 0.2) is 0 Å². The van der Waals surface area contributed by atoms with Crippen molar-refractivity contribution in [1.29, 1.82) is 0 Å². The van der Waals surface area contributed by atoms with Crippen LogP contribution in [-0.2, 0) is 9.59 Å². The van der Waals surface area contributed by atoms with E-state index < -0.39 is 6.04 Å². The van der Waals surface area contributed by atoms with Gasteiger partial charge in [-0.15, -0.1) is 0 Å². The Labute approximate surface area is 89.8 Å². The third kappa shape index (κ3) is 3.87. The van der Waals surface area contributed by atoms with Gasteiger partial charge in [0.1, 0.15) is 0 Å². The fourth-order valence-corrected chi connectivity index (χ4v) is 1.63. The standard InChI is InChI=1S/C10H19N3O2/c1-6(2)3-8(11)10(15)13-7-4-9(14)12-5-7/h6-8H,3-5,11H2,1-2H3,(H,12,14)(H,13,15). The molecule has 2 atom stereocenters. The summed E-state index contributed by atoms with van der Waals surface area (Å²) in [5.41, 5.74) is 5.71. The smallest absolute Gasteiger partial charge is 0.237 e. The molecule has 86 valence electrons. The van der Waals surface area contributed by atoms with Crippen molar-refractivity contribution in [3.8, 4) is 0 Å². The van der Waals surface area contributed by atoms with Crippen LogP contribution in [0.5, 0.6) is 0 Å². The predicted molar refractivity (Wildman–Crippen MR) is 57.0 cm³/mol. The molecule has 1 saturated heterocycles. The minimum Gasteiger partial charge on any atom is -0.354 e. The van der Waals surface area contributed by atoms with E-state index in [0.717, 1.165) is 0 Å². The van der Waals surface area contributed by atoms with Crippen LogP contribution >= 0.6 is 0 Å². The molecule has 4 N–H and O–H groups in total. The number of hydrogen-bond acceptors (Lipinski definition) is 3. The van der Waals surface area contributed by atoms with Crippen LogP contribution in [0.2, 0.25) is 0 Å². The minimum atomic E-state index is -0.472. The molecule has 5 heteroatoms. The van der Waals surface area contributed by atoms with Crippen molar-refractivity contribution in [2.75, 3.05) is 6.54 Å². The lowest BCUT2D eigenvalue weighted by molar-refractivity contribution is -0.123. The minimum absolute atomic E-state index is 0.0160. The monoisotopic (exact) mass is 213 g/mol. The number of amides is 2. The van der Waals surface area contributed by atoms with Crippen molar-refractivity contribution >= 4 is 11.8 Å². The Morgan fingerprint density at radius 2 is 2.33 bits per heavy atom. The van der Waals surface area contributed by atoms with Crippen molar-refractivity contribution in [3.63, 3.8) is 0 Å². The van der Waals surface area contributed by atoms with Crippen LogP contribution in [0.4, 0.5) is 0 Å². The summed E-state index contributed by atoms with van der Waals surface area (Å²) in [6.45, 7) is 4.56. The molecule has 1 heterocycles. The van der Waals surface area contributed by atoms with E-state index in [9.17, 15) is 9.59 Å². The number of carbonyl (C=O) groups is 2. The van der Waals surface area contributed by atoms with Crippen LogP contribution in [0.3, 0.4) is 0 Å². The molecule has 15 heavy (non-hydrogen) atoms. The highest BCUT2D eigenvalue weighted by Crippen LogP contribution is 2.04. The first-order valence-electron chi connectivity index (χ1n) is 5.31. The maximum atomic E-state index is 11.6. The van der Waals surface area contributed by atoms with Gasteiger partial charge in [-0.2, -0.15) is 0 Å². The number of carbonyl (C=O) groups excluding carboxylic acids is 2. The van der Waals surface area contributed by atoms with Gasteiger partial charge in [-0.25, -0.2) is 0 Å². The molecule has 1 fully saturated rings. The van der Waals surface area contributed by atoms with E-state index in [2.05, 4.69) is 10.6 Å². The fourth-order valence-electron chi connectivity index (χ4n) is 1.63. The number of nitrogens with one attached hydrogen (secondary N) is 2. The van der Waals surface area contributed by atoms with Gasteiger partial charge in [0.15, 0.2) is 0 Å². The maximum absolute atomic E-state index is 11.6. The first-order valence-corrected chi connectivity index (χ1v) is 5.31. The summed E-state index contributed by atoms with van der Waals surface area (Å²) in [5.74, 6) is 0.219. The molecule has 0 aromatic rings. The third-order valence-electron chi connectivity index (χ3n) is 2.39. The molecule has 0 saturated carbocycles. The van der Waals surface area contributed by atoms with Crippen LogP contribution in [0.25, 0.3) is 0 Å². The number of rotatable bonds is 4. The van der Waals surface area contributed by atoms with E-state index in [1.54, 1.807) is 0 Å². The Bertz CT molecular complexity index is 253. The Hall–Kier alpha value is -1.10. The van der Waals surface area contributed by atoms with Gasteiger partial charge in [0.05, 0.1) is 12.1 Å². The Balaban J connectivity index is 2.31. The summed E-state index contributed by atoms with van der Waals surface area (Å²) in [6.07, 6.45) is 1.03. The molecule has 1 aliphatic rings. The second-order valence-electron chi connectivity index (χ2n) is 4.45. The summed E-state index contributed by atoms with van der Waals surface area (Å²) < 4.78 is 0. The highest BCUT2D eigenvalue weighted by molar-refractivity contribution is 5.84. The van der Waals surface area contributed by atoms with Crippen molar-refractivity contribution in [3.05, 3.63) is 0 Å². The zero-order valence-electron chi connectivity index (χ0n) is 9.25. The van der Waals surface area contributed by atoms with Crippen molar-refractivity contribution in [2.24, 2.45) is 11.7 Å². The topological polar surface area (TPSA) is 84.2 Å². The van der Waals surface area contributed by atoms with Gasteiger partial charge in [0, 0.05) is 13.0 Å². The molecular formula is C10H19N3O2. The molecule has 1 aliphatic heterocycles. The predicted octanol–water partition coefficient (Wildman–Crippen LogP) is -0.635.